The Kier molecular flexibility index (Phi) is 5.67. The third-order valence-electron chi connectivity index (χ3n) is 3.15. The zero-order chi connectivity index (χ0) is 17.8. The zero-order valence-electron chi connectivity index (χ0n) is 12.6. The van der Waals surface area contributed by atoms with Crippen LogP contribution in [0.3, 0.4) is 0 Å². The Bertz CT molecular complexity index is 910. The van der Waals surface area contributed by atoms with Gasteiger partial charge in [-0.25, -0.2) is 4.98 Å². The van der Waals surface area contributed by atoms with Crippen molar-refractivity contribution >= 4 is 63.2 Å². The average molecular weight is 484 g/mol. The van der Waals surface area contributed by atoms with Crippen molar-refractivity contribution in [3.63, 3.8) is 0 Å². The van der Waals surface area contributed by atoms with Crippen molar-refractivity contribution in [1.29, 1.82) is 0 Å². The highest BCUT2D eigenvalue weighted by Crippen LogP contribution is 2.23. The van der Waals surface area contributed by atoms with Crippen molar-refractivity contribution in [2.24, 2.45) is 0 Å². The number of pyridine rings is 1. The molecule has 3 aromatic rings. The number of nitrogens with zero attached hydrogens (tertiary/aromatic N) is 1. The van der Waals surface area contributed by atoms with E-state index >= 15 is 0 Å². The summed E-state index contributed by atoms with van der Waals surface area (Å²) in [5.74, 6) is 0.833. The van der Waals surface area contributed by atoms with Gasteiger partial charge < -0.3 is 9.73 Å². The number of benzene rings is 1. The first kappa shape index (κ1) is 17.8. The highest BCUT2D eigenvalue weighted by atomic mass is 127. The lowest BCUT2D eigenvalue weighted by Crippen LogP contribution is -2.34. The summed E-state index contributed by atoms with van der Waals surface area (Å²) in [5, 5.41) is 6.18. The Morgan fingerprint density at radius 2 is 1.88 bits per heavy atom. The van der Waals surface area contributed by atoms with Crippen LogP contribution in [0.15, 0.2) is 59.1 Å². The van der Waals surface area contributed by atoms with Crippen LogP contribution >= 0.6 is 46.4 Å². The van der Waals surface area contributed by atoms with Crippen LogP contribution < -0.4 is 10.6 Å². The summed E-state index contributed by atoms with van der Waals surface area (Å²) in [5.41, 5.74) is 0.826. The van der Waals surface area contributed by atoms with Gasteiger partial charge in [-0.2, -0.15) is 0 Å². The number of carbonyl (C=O) groups is 1. The number of hydrogen-bond donors (Lipinski definition) is 2. The monoisotopic (exact) mass is 483 g/mol. The molecule has 25 heavy (non-hydrogen) atoms. The molecule has 1 aromatic carbocycles. The summed E-state index contributed by atoms with van der Waals surface area (Å²) in [4.78, 5) is 16.4. The van der Waals surface area contributed by atoms with Crippen molar-refractivity contribution < 1.29 is 9.21 Å². The van der Waals surface area contributed by atoms with Crippen LogP contribution in [0.2, 0.25) is 5.02 Å². The molecule has 0 atom stereocenters. The van der Waals surface area contributed by atoms with Gasteiger partial charge in [0.2, 0.25) is 0 Å². The van der Waals surface area contributed by atoms with Crippen LogP contribution in [0.4, 0.5) is 5.82 Å². The molecule has 126 valence electrons. The van der Waals surface area contributed by atoms with E-state index in [2.05, 4.69) is 38.2 Å². The first-order valence-corrected chi connectivity index (χ1v) is 8.97. The fourth-order valence-electron chi connectivity index (χ4n) is 1.99. The summed E-state index contributed by atoms with van der Waals surface area (Å²) in [6.07, 6.45) is 1.69. The largest absolute Gasteiger partial charge is 0.451 e. The van der Waals surface area contributed by atoms with Gasteiger partial charge in [-0.05, 0) is 83.3 Å². The highest BCUT2D eigenvalue weighted by molar-refractivity contribution is 14.1. The first-order valence-electron chi connectivity index (χ1n) is 7.11. The molecule has 0 fully saturated rings. The third kappa shape index (κ3) is 4.77. The van der Waals surface area contributed by atoms with Gasteiger partial charge in [0.1, 0.15) is 11.6 Å². The Morgan fingerprint density at radius 1 is 1.12 bits per heavy atom. The van der Waals surface area contributed by atoms with E-state index in [0.29, 0.717) is 16.6 Å². The zero-order valence-corrected chi connectivity index (χ0v) is 16.4. The maximum atomic E-state index is 12.2. The minimum atomic E-state index is -0.441. The summed E-state index contributed by atoms with van der Waals surface area (Å²) in [7, 11) is 0. The fourth-order valence-corrected chi connectivity index (χ4v) is 2.63. The first-order chi connectivity index (χ1) is 12.0. The number of nitrogens with one attached hydrogen (secondary N) is 2. The molecule has 3 rings (SSSR count). The number of aromatic nitrogens is 1. The molecule has 0 aliphatic rings. The molecule has 0 spiro atoms. The molecule has 2 aromatic heterocycles. The molecule has 5 nitrogen and oxygen atoms in total. The molecule has 1 amide bonds. The molecule has 0 bridgehead atoms. The van der Waals surface area contributed by atoms with E-state index in [0.717, 1.165) is 9.13 Å². The van der Waals surface area contributed by atoms with Gasteiger partial charge in [-0.1, -0.05) is 11.6 Å². The molecular formula is C17H11ClIN3O2S. The van der Waals surface area contributed by atoms with E-state index in [1.54, 1.807) is 36.5 Å². The molecule has 0 aliphatic carbocycles. The van der Waals surface area contributed by atoms with Crippen LogP contribution in [-0.4, -0.2) is 16.0 Å². The second-order valence-electron chi connectivity index (χ2n) is 4.94. The van der Waals surface area contributed by atoms with Gasteiger partial charge >= 0.3 is 0 Å². The Labute approximate surface area is 167 Å². The number of rotatable bonds is 3. The quantitative estimate of drug-likeness (QED) is 0.417. The third-order valence-corrected chi connectivity index (χ3v) is 4.25. The van der Waals surface area contributed by atoms with Crippen LogP contribution in [0.1, 0.15) is 10.6 Å². The number of carbonyl (C=O) groups excluding carboxylic acids is 1. The summed E-state index contributed by atoms with van der Waals surface area (Å²) in [6.45, 7) is 0. The summed E-state index contributed by atoms with van der Waals surface area (Å²) in [6, 6.07) is 14.1. The highest BCUT2D eigenvalue weighted by Gasteiger charge is 2.14. The van der Waals surface area contributed by atoms with Crippen LogP contribution in [0, 0.1) is 3.57 Å². The van der Waals surface area contributed by atoms with Crippen LogP contribution in [-0.2, 0) is 0 Å². The molecule has 0 saturated carbocycles. The summed E-state index contributed by atoms with van der Waals surface area (Å²) < 4.78 is 6.58. The number of amides is 1. The number of furan rings is 1. The molecule has 2 N–H and O–H groups in total. The molecule has 2 heterocycles. The Hall–Kier alpha value is -1.97. The molecular weight excluding hydrogens is 473 g/mol. The van der Waals surface area contributed by atoms with Gasteiger partial charge in [0.15, 0.2) is 10.9 Å². The Balaban J connectivity index is 1.64. The normalized spacial score (nSPS) is 10.3. The van der Waals surface area contributed by atoms with E-state index < -0.39 is 5.91 Å². The number of thiocarbonyl (C=S) groups is 1. The predicted octanol–water partition coefficient (Wildman–Crippen LogP) is 4.73. The number of halogens is 2. The van der Waals surface area contributed by atoms with E-state index in [9.17, 15) is 4.79 Å². The maximum Gasteiger partial charge on any atom is 0.293 e. The van der Waals surface area contributed by atoms with Gasteiger partial charge in [0.25, 0.3) is 5.91 Å². The fraction of sp³-hybridized carbons (Fsp3) is 0. The van der Waals surface area contributed by atoms with Crippen molar-refractivity contribution in [3.8, 4) is 11.3 Å². The van der Waals surface area contributed by atoms with Crippen molar-refractivity contribution in [2.45, 2.75) is 0 Å². The number of anilines is 1. The van der Waals surface area contributed by atoms with Gasteiger partial charge in [0.05, 0.1) is 0 Å². The molecule has 8 heteroatoms. The van der Waals surface area contributed by atoms with E-state index in [1.165, 1.54) is 0 Å². The van der Waals surface area contributed by atoms with Crippen molar-refractivity contribution in [2.75, 3.05) is 5.32 Å². The van der Waals surface area contributed by atoms with Crippen molar-refractivity contribution in [1.82, 2.24) is 10.3 Å². The summed E-state index contributed by atoms with van der Waals surface area (Å²) >= 11 is 13.1. The molecule has 0 saturated heterocycles. The van der Waals surface area contributed by atoms with Gasteiger partial charge in [-0.15, -0.1) is 0 Å². The lowest BCUT2D eigenvalue weighted by atomic mass is 10.2. The molecule has 0 unspecified atom stereocenters. The van der Waals surface area contributed by atoms with Crippen molar-refractivity contribution in [3.05, 3.63) is 69.1 Å². The SMILES string of the molecule is O=C(NC(=S)Nc1ccc(I)cn1)c1ccc(-c2ccc(Cl)cc2)o1. The van der Waals surface area contributed by atoms with E-state index in [-0.39, 0.29) is 10.9 Å². The second-order valence-corrected chi connectivity index (χ2v) is 7.03. The topological polar surface area (TPSA) is 67.2 Å². The average Bonchev–Trinajstić information content (AvgIpc) is 3.08. The van der Waals surface area contributed by atoms with Gasteiger partial charge in [0, 0.05) is 20.4 Å². The van der Waals surface area contributed by atoms with Gasteiger partial charge in [-0.3, -0.25) is 10.1 Å². The van der Waals surface area contributed by atoms with Crippen LogP contribution in [0.5, 0.6) is 0 Å². The second kappa shape index (κ2) is 7.94. The van der Waals surface area contributed by atoms with Crippen LogP contribution in [0.25, 0.3) is 11.3 Å². The minimum Gasteiger partial charge on any atom is -0.451 e. The standard InChI is InChI=1S/C17H11ClIN3O2S/c18-11-3-1-10(2-4-11)13-6-7-14(24-13)16(23)22-17(25)21-15-8-5-12(19)9-20-15/h1-9H,(H2,20,21,22,23,25). The number of hydrogen-bond acceptors (Lipinski definition) is 4. The van der Waals surface area contributed by atoms with E-state index in [4.69, 9.17) is 28.2 Å². The maximum absolute atomic E-state index is 12.2. The lowest BCUT2D eigenvalue weighted by Gasteiger charge is -2.07. The molecule has 0 aliphatic heterocycles. The lowest BCUT2D eigenvalue weighted by molar-refractivity contribution is 0.0951. The smallest absolute Gasteiger partial charge is 0.293 e. The van der Waals surface area contributed by atoms with E-state index in [1.807, 2.05) is 18.2 Å². The minimum absolute atomic E-state index is 0.142. The molecule has 0 radical (unpaired) electrons. The predicted molar refractivity (Wildman–Crippen MR) is 110 cm³/mol. The Morgan fingerprint density at radius 3 is 2.56 bits per heavy atom.